The van der Waals surface area contributed by atoms with Gasteiger partial charge in [-0.05, 0) is 35.7 Å². The van der Waals surface area contributed by atoms with Gasteiger partial charge in [0.05, 0.1) is 13.2 Å². The fourth-order valence-electron chi connectivity index (χ4n) is 4.40. The third-order valence-corrected chi connectivity index (χ3v) is 6.19. The lowest BCUT2D eigenvalue weighted by Crippen LogP contribution is -2.45. The van der Waals surface area contributed by atoms with E-state index < -0.39 is 47.4 Å². The molecule has 0 aliphatic carbocycles. The van der Waals surface area contributed by atoms with E-state index >= 15 is 0 Å². The normalized spacial score (nSPS) is 16.0. The molecule has 0 spiro atoms. The Morgan fingerprint density at radius 1 is 1.08 bits per heavy atom. The Hall–Kier alpha value is -3.32. The van der Waals surface area contributed by atoms with Gasteiger partial charge in [0.15, 0.2) is 17.5 Å². The summed E-state index contributed by atoms with van der Waals surface area (Å²) in [7, 11) is 1.49. The number of nitrogens with zero attached hydrogens (tertiary/aromatic N) is 4. The van der Waals surface area contributed by atoms with Gasteiger partial charge in [0.1, 0.15) is 11.6 Å². The molecule has 2 N–H and O–H groups in total. The molecule has 1 aromatic heterocycles. The fraction of sp³-hybridized carbons (Fsp3) is 0.375. The predicted octanol–water partition coefficient (Wildman–Crippen LogP) is 4.23. The van der Waals surface area contributed by atoms with Gasteiger partial charge in [-0.15, -0.1) is 22.6 Å². The Bertz CT molecular complexity index is 1280. The number of carbonyl (C=O) groups is 1. The molecule has 0 radical (unpaired) electrons. The summed E-state index contributed by atoms with van der Waals surface area (Å²) >= 11 is 0. The van der Waals surface area contributed by atoms with Crippen LogP contribution in [0.3, 0.4) is 0 Å². The zero-order valence-electron chi connectivity index (χ0n) is 20.0. The summed E-state index contributed by atoms with van der Waals surface area (Å²) in [5.74, 6) is -4.68. The van der Waals surface area contributed by atoms with Crippen molar-refractivity contribution in [2.24, 2.45) is 5.73 Å². The van der Waals surface area contributed by atoms with Crippen LogP contribution < -0.4 is 10.5 Å². The molecular weight excluding hydrogens is 540 g/mol. The summed E-state index contributed by atoms with van der Waals surface area (Å²) in [5.41, 5.74) is 6.55. The molecule has 14 heteroatoms. The highest BCUT2D eigenvalue weighted by molar-refractivity contribution is 5.85. The Labute approximate surface area is 220 Å². The van der Waals surface area contributed by atoms with Crippen molar-refractivity contribution in [3.8, 4) is 5.75 Å². The van der Waals surface area contributed by atoms with Crippen LogP contribution in [0.25, 0.3) is 0 Å². The van der Waals surface area contributed by atoms with Gasteiger partial charge in [0, 0.05) is 38.0 Å². The predicted molar refractivity (Wildman–Crippen MR) is 126 cm³/mol. The number of hydrogen-bond donors (Lipinski definition) is 1. The molecule has 0 fully saturated rings. The van der Waals surface area contributed by atoms with E-state index in [4.69, 9.17) is 10.5 Å². The number of hydrogen-bond acceptors (Lipinski definition) is 5. The minimum atomic E-state index is -4.72. The van der Waals surface area contributed by atoms with Gasteiger partial charge < -0.3 is 19.9 Å². The molecule has 7 nitrogen and oxygen atoms in total. The number of ether oxygens (including phenoxy) is 1. The molecule has 2 atom stereocenters. The maximum Gasteiger partial charge on any atom is 0.451 e. The largest absolute Gasteiger partial charge is 0.497 e. The number of methoxy groups -OCH3 is 1. The second-order valence-corrected chi connectivity index (χ2v) is 8.71. The first-order chi connectivity index (χ1) is 17.5. The molecular formula is C24H24ClF6N5O2. The zero-order chi connectivity index (χ0) is 26.9. The number of aromatic nitrogens is 3. The van der Waals surface area contributed by atoms with Crippen molar-refractivity contribution in [2.45, 2.75) is 44.1 Å². The third kappa shape index (κ3) is 6.21. The van der Waals surface area contributed by atoms with Crippen molar-refractivity contribution in [1.82, 2.24) is 19.7 Å². The minimum Gasteiger partial charge on any atom is -0.497 e. The molecule has 38 heavy (non-hydrogen) atoms. The average Bonchev–Trinajstić information content (AvgIpc) is 3.28. The maximum atomic E-state index is 14.0. The highest BCUT2D eigenvalue weighted by atomic mass is 35.5. The average molecular weight is 564 g/mol. The number of benzene rings is 2. The lowest BCUT2D eigenvalue weighted by Gasteiger charge is -2.36. The molecule has 4 rings (SSSR count). The van der Waals surface area contributed by atoms with Gasteiger partial charge in [-0.2, -0.15) is 13.2 Å². The topological polar surface area (TPSA) is 86.3 Å². The molecule has 1 aliphatic heterocycles. The van der Waals surface area contributed by atoms with E-state index in [1.54, 1.807) is 24.3 Å². The van der Waals surface area contributed by atoms with Crippen LogP contribution in [0.1, 0.15) is 35.2 Å². The SMILES string of the molecule is COc1ccc(C[C@@H]2c3nnc(C(F)(F)F)n3CCN2C(=O)C[C@H](N)Cc2cc(F)c(F)cc2F)cc1.Cl. The highest BCUT2D eigenvalue weighted by Gasteiger charge is 2.43. The van der Waals surface area contributed by atoms with Crippen molar-refractivity contribution in [3.63, 3.8) is 0 Å². The number of halogens is 7. The molecule has 1 aliphatic rings. The summed E-state index contributed by atoms with van der Waals surface area (Å²) in [4.78, 5) is 14.6. The fourth-order valence-corrected chi connectivity index (χ4v) is 4.40. The second-order valence-electron chi connectivity index (χ2n) is 8.71. The van der Waals surface area contributed by atoms with Crippen LogP contribution in [0.2, 0.25) is 0 Å². The lowest BCUT2D eigenvalue weighted by molar-refractivity contribution is -0.148. The van der Waals surface area contributed by atoms with Gasteiger partial charge in [-0.1, -0.05) is 12.1 Å². The molecule has 0 saturated heterocycles. The molecule has 206 valence electrons. The smallest absolute Gasteiger partial charge is 0.451 e. The first-order valence-electron chi connectivity index (χ1n) is 11.3. The number of rotatable bonds is 7. The van der Waals surface area contributed by atoms with E-state index in [1.165, 1.54) is 12.0 Å². The number of carbonyl (C=O) groups excluding carboxylic acids is 1. The molecule has 3 aromatic rings. The second kappa shape index (κ2) is 11.6. The summed E-state index contributed by atoms with van der Waals surface area (Å²) in [6, 6.07) is 6.05. The molecule has 0 bridgehead atoms. The van der Waals surface area contributed by atoms with Crippen molar-refractivity contribution < 1.29 is 35.9 Å². The summed E-state index contributed by atoms with van der Waals surface area (Å²) < 4.78 is 87.2. The number of fused-ring (bicyclic) bond motifs is 1. The number of alkyl halides is 3. The zero-order valence-corrected chi connectivity index (χ0v) is 20.8. The Morgan fingerprint density at radius 2 is 1.74 bits per heavy atom. The van der Waals surface area contributed by atoms with Crippen molar-refractivity contribution in [1.29, 1.82) is 0 Å². The minimum absolute atomic E-state index is 0. The van der Waals surface area contributed by atoms with Gasteiger partial charge in [0.25, 0.3) is 0 Å². The Kier molecular flexibility index (Phi) is 8.93. The molecule has 1 amide bonds. The Balaban J connectivity index is 0.00000400. The van der Waals surface area contributed by atoms with Gasteiger partial charge in [0.2, 0.25) is 11.7 Å². The Morgan fingerprint density at radius 3 is 2.37 bits per heavy atom. The highest BCUT2D eigenvalue weighted by Crippen LogP contribution is 2.35. The van der Waals surface area contributed by atoms with Crippen LogP contribution in [0.4, 0.5) is 26.3 Å². The summed E-state index contributed by atoms with van der Waals surface area (Å²) in [5, 5.41) is 7.08. The summed E-state index contributed by atoms with van der Waals surface area (Å²) in [6.07, 6.45) is -5.14. The molecule has 2 aromatic carbocycles. The van der Waals surface area contributed by atoms with Crippen LogP contribution in [0.15, 0.2) is 36.4 Å². The van der Waals surface area contributed by atoms with Crippen LogP contribution in [0, 0.1) is 17.5 Å². The van der Waals surface area contributed by atoms with E-state index in [0.29, 0.717) is 23.4 Å². The molecule has 2 heterocycles. The first kappa shape index (κ1) is 29.2. The van der Waals surface area contributed by atoms with Crippen LogP contribution in [-0.4, -0.2) is 45.3 Å². The van der Waals surface area contributed by atoms with E-state index in [2.05, 4.69) is 10.2 Å². The van der Waals surface area contributed by atoms with Crippen molar-refractivity contribution in [2.75, 3.05) is 13.7 Å². The first-order valence-corrected chi connectivity index (χ1v) is 11.3. The van der Waals surface area contributed by atoms with Crippen LogP contribution >= 0.6 is 12.4 Å². The van der Waals surface area contributed by atoms with E-state index in [1.807, 2.05) is 0 Å². The quantitative estimate of drug-likeness (QED) is 0.343. The van der Waals surface area contributed by atoms with E-state index in [-0.39, 0.29) is 56.1 Å². The standard InChI is InChI=1S/C24H23F6N5O2.ClH/c1-37-16-4-2-13(3-5-16)8-20-22-32-33-23(24(28,29)30)35(22)7-6-34(20)21(36)11-15(31)9-14-10-18(26)19(27)12-17(14)25;/h2-5,10,12,15,20H,6-9,11,31H2,1H3;1H/t15-,20-;/m1./s1. The van der Waals surface area contributed by atoms with E-state index in [9.17, 15) is 31.1 Å². The van der Waals surface area contributed by atoms with Crippen molar-refractivity contribution in [3.05, 3.63) is 76.6 Å². The van der Waals surface area contributed by atoms with Gasteiger partial charge >= 0.3 is 6.18 Å². The number of amides is 1. The monoisotopic (exact) mass is 563 g/mol. The van der Waals surface area contributed by atoms with Crippen LogP contribution in [-0.2, 0) is 30.4 Å². The molecule has 0 unspecified atom stereocenters. The van der Waals surface area contributed by atoms with Crippen LogP contribution in [0.5, 0.6) is 5.75 Å². The third-order valence-electron chi connectivity index (χ3n) is 6.19. The summed E-state index contributed by atoms with van der Waals surface area (Å²) in [6.45, 7) is -0.255. The number of nitrogens with two attached hydrogens (primary N) is 1. The molecule has 0 saturated carbocycles. The maximum absolute atomic E-state index is 14.0. The van der Waals surface area contributed by atoms with Gasteiger partial charge in [-0.3, -0.25) is 4.79 Å². The van der Waals surface area contributed by atoms with Crippen molar-refractivity contribution >= 4 is 18.3 Å². The lowest BCUT2D eigenvalue weighted by atomic mass is 9.99. The van der Waals surface area contributed by atoms with Gasteiger partial charge in [-0.25, -0.2) is 13.2 Å². The van der Waals surface area contributed by atoms with E-state index in [0.717, 1.165) is 4.57 Å².